The van der Waals surface area contributed by atoms with Gasteiger partial charge < -0.3 is 14.5 Å². The van der Waals surface area contributed by atoms with Crippen molar-refractivity contribution in [3.05, 3.63) is 21.3 Å². The lowest BCUT2D eigenvalue weighted by atomic mass is 10.3. The first-order chi connectivity index (χ1) is 11.0. The van der Waals surface area contributed by atoms with Gasteiger partial charge in [0.2, 0.25) is 0 Å². The molecule has 0 saturated heterocycles. The van der Waals surface area contributed by atoms with Gasteiger partial charge in [-0.1, -0.05) is 18.7 Å². The van der Waals surface area contributed by atoms with Crippen LogP contribution in [0.5, 0.6) is 0 Å². The molecule has 0 amide bonds. The minimum absolute atomic E-state index is 0.179. The number of carbonyl (C=O) groups excluding carboxylic acids is 1. The summed E-state index contributed by atoms with van der Waals surface area (Å²) >= 11 is 2.69. The number of aromatic amines is 1. The number of H-pyrrole nitrogens is 1. The van der Waals surface area contributed by atoms with Crippen molar-refractivity contribution < 1.29 is 14.3 Å². The van der Waals surface area contributed by atoms with Crippen molar-refractivity contribution >= 4 is 39.3 Å². The second-order valence-electron chi connectivity index (χ2n) is 4.83. The van der Waals surface area contributed by atoms with Crippen molar-refractivity contribution in [2.75, 3.05) is 19.8 Å². The van der Waals surface area contributed by atoms with Gasteiger partial charge in [0.1, 0.15) is 16.7 Å². The number of fused-ring (bicyclic) bond motifs is 1. The SMILES string of the molecule is CCOCCOC(=O)C(CC)Sc1nc2sc(C)cc2c(=O)[nH]1. The molecule has 0 saturated carbocycles. The molecule has 6 nitrogen and oxygen atoms in total. The number of aryl methyl sites for hydroxylation is 1. The number of hydrogen-bond acceptors (Lipinski definition) is 7. The number of nitrogens with one attached hydrogen (secondary N) is 1. The lowest BCUT2D eigenvalue weighted by Gasteiger charge is -2.13. The summed E-state index contributed by atoms with van der Waals surface area (Å²) in [5.41, 5.74) is -0.179. The van der Waals surface area contributed by atoms with Gasteiger partial charge in [-0.2, -0.15) is 0 Å². The molecule has 1 unspecified atom stereocenters. The number of esters is 1. The van der Waals surface area contributed by atoms with E-state index in [1.54, 1.807) is 0 Å². The fourth-order valence-electron chi connectivity index (χ4n) is 1.96. The number of thiophene rings is 1. The summed E-state index contributed by atoms with van der Waals surface area (Å²) in [5, 5.41) is 0.625. The van der Waals surface area contributed by atoms with Crippen LogP contribution in [0.15, 0.2) is 16.0 Å². The predicted molar refractivity (Wildman–Crippen MR) is 92.4 cm³/mol. The molecule has 0 radical (unpaired) electrons. The molecule has 0 aliphatic rings. The number of thioether (sulfide) groups is 1. The smallest absolute Gasteiger partial charge is 0.319 e. The van der Waals surface area contributed by atoms with E-state index in [0.29, 0.717) is 35.0 Å². The topological polar surface area (TPSA) is 81.3 Å². The normalized spacial score (nSPS) is 12.5. The zero-order valence-electron chi connectivity index (χ0n) is 13.4. The Kier molecular flexibility index (Phi) is 6.61. The molecule has 1 N–H and O–H groups in total. The number of carbonyl (C=O) groups is 1. The average molecular weight is 356 g/mol. The van der Waals surface area contributed by atoms with Crippen LogP contribution in [-0.4, -0.2) is 41.0 Å². The summed E-state index contributed by atoms with van der Waals surface area (Å²) < 4.78 is 10.3. The zero-order valence-corrected chi connectivity index (χ0v) is 15.0. The highest BCUT2D eigenvalue weighted by atomic mass is 32.2. The van der Waals surface area contributed by atoms with Gasteiger partial charge in [-0.05, 0) is 26.3 Å². The number of aromatic nitrogens is 2. The number of ether oxygens (including phenoxy) is 2. The molecule has 0 aromatic carbocycles. The van der Waals surface area contributed by atoms with E-state index in [4.69, 9.17) is 9.47 Å². The van der Waals surface area contributed by atoms with Crippen LogP contribution in [0, 0.1) is 6.92 Å². The lowest BCUT2D eigenvalue weighted by Crippen LogP contribution is -2.22. The standard InChI is InChI=1S/C15H20N2O4S2/c1-4-11(14(19)21-7-6-20-5-2)23-15-16-12(18)10-8-9(3)22-13(10)17-15/h8,11H,4-7H2,1-3H3,(H,16,17,18). The van der Waals surface area contributed by atoms with Crippen molar-refractivity contribution in [1.82, 2.24) is 9.97 Å². The third-order valence-corrected chi connectivity index (χ3v) is 5.24. The van der Waals surface area contributed by atoms with Gasteiger partial charge in [-0.15, -0.1) is 11.3 Å². The van der Waals surface area contributed by atoms with Gasteiger partial charge in [-0.3, -0.25) is 9.59 Å². The largest absolute Gasteiger partial charge is 0.462 e. The van der Waals surface area contributed by atoms with E-state index >= 15 is 0 Å². The van der Waals surface area contributed by atoms with Crippen LogP contribution in [0.4, 0.5) is 0 Å². The molecular formula is C15H20N2O4S2. The number of nitrogens with zero attached hydrogens (tertiary/aromatic N) is 1. The van der Waals surface area contributed by atoms with Crippen molar-refractivity contribution in [3.63, 3.8) is 0 Å². The van der Waals surface area contributed by atoms with Crippen LogP contribution < -0.4 is 5.56 Å². The molecule has 0 fully saturated rings. The van der Waals surface area contributed by atoms with E-state index in [0.717, 1.165) is 4.88 Å². The van der Waals surface area contributed by atoms with E-state index < -0.39 is 5.25 Å². The van der Waals surface area contributed by atoms with Gasteiger partial charge in [0.25, 0.3) is 5.56 Å². The Balaban J connectivity index is 2.06. The van der Waals surface area contributed by atoms with E-state index in [9.17, 15) is 9.59 Å². The van der Waals surface area contributed by atoms with Crippen molar-refractivity contribution in [2.45, 2.75) is 37.6 Å². The van der Waals surface area contributed by atoms with Gasteiger partial charge in [0.15, 0.2) is 5.16 Å². The first-order valence-corrected chi connectivity index (χ1v) is 9.16. The van der Waals surface area contributed by atoms with Gasteiger partial charge in [0, 0.05) is 11.5 Å². The third-order valence-electron chi connectivity index (χ3n) is 3.07. The van der Waals surface area contributed by atoms with Crippen molar-refractivity contribution in [2.24, 2.45) is 0 Å². The highest BCUT2D eigenvalue weighted by Crippen LogP contribution is 2.26. The maximum Gasteiger partial charge on any atom is 0.319 e. The average Bonchev–Trinajstić information content (AvgIpc) is 2.90. The van der Waals surface area contributed by atoms with Crippen LogP contribution in [0.3, 0.4) is 0 Å². The Hall–Kier alpha value is -1.38. The maximum atomic E-state index is 12.1. The maximum absolute atomic E-state index is 12.1. The second-order valence-corrected chi connectivity index (χ2v) is 7.25. The monoisotopic (exact) mass is 356 g/mol. The molecule has 0 aliphatic carbocycles. The number of rotatable bonds is 8. The molecule has 0 aliphatic heterocycles. The molecule has 2 rings (SSSR count). The van der Waals surface area contributed by atoms with E-state index in [-0.39, 0.29) is 18.1 Å². The lowest BCUT2D eigenvalue weighted by molar-refractivity contribution is -0.144. The minimum Gasteiger partial charge on any atom is -0.462 e. The summed E-state index contributed by atoms with van der Waals surface area (Å²) in [7, 11) is 0. The van der Waals surface area contributed by atoms with E-state index in [2.05, 4.69) is 9.97 Å². The Morgan fingerprint density at radius 1 is 1.43 bits per heavy atom. The molecule has 2 aromatic heterocycles. The summed E-state index contributed by atoms with van der Waals surface area (Å²) in [5.74, 6) is -0.317. The van der Waals surface area contributed by atoms with Crippen LogP contribution >= 0.6 is 23.1 Å². The first kappa shape index (κ1) is 18.0. The van der Waals surface area contributed by atoms with Crippen LogP contribution in [0.25, 0.3) is 10.2 Å². The summed E-state index contributed by atoms with van der Waals surface area (Å²) in [6, 6.07) is 1.82. The van der Waals surface area contributed by atoms with Gasteiger partial charge in [0.05, 0.1) is 12.0 Å². The quantitative estimate of drug-likeness (QED) is 0.339. The van der Waals surface area contributed by atoms with Crippen LogP contribution in [0.2, 0.25) is 0 Å². The highest BCUT2D eigenvalue weighted by Gasteiger charge is 2.21. The molecular weight excluding hydrogens is 336 g/mol. The Morgan fingerprint density at radius 2 is 2.22 bits per heavy atom. The minimum atomic E-state index is -0.404. The second kappa shape index (κ2) is 8.47. The van der Waals surface area contributed by atoms with E-state index in [1.165, 1.54) is 23.1 Å². The summed E-state index contributed by atoms with van der Waals surface area (Å²) in [4.78, 5) is 33.0. The molecule has 0 spiro atoms. The molecule has 2 aromatic rings. The molecule has 8 heteroatoms. The van der Waals surface area contributed by atoms with Crippen molar-refractivity contribution in [3.8, 4) is 0 Å². The molecule has 1 atom stereocenters. The molecule has 0 bridgehead atoms. The Morgan fingerprint density at radius 3 is 2.91 bits per heavy atom. The molecule has 126 valence electrons. The summed E-state index contributed by atoms with van der Waals surface area (Å²) in [6.07, 6.45) is 0.587. The Labute approximate surface area is 142 Å². The van der Waals surface area contributed by atoms with Gasteiger partial charge >= 0.3 is 5.97 Å². The molecule has 2 heterocycles. The first-order valence-electron chi connectivity index (χ1n) is 7.46. The molecule has 23 heavy (non-hydrogen) atoms. The van der Waals surface area contributed by atoms with E-state index in [1.807, 2.05) is 26.8 Å². The fraction of sp³-hybridized carbons (Fsp3) is 0.533. The fourth-order valence-corrected chi connectivity index (χ4v) is 3.79. The highest BCUT2D eigenvalue weighted by molar-refractivity contribution is 8.00. The predicted octanol–water partition coefficient (Wildman–Crippen LogP) is 2.74. The zero-order chi connectivity index (χ0) is 16.8. The van der Waals surface area contributed by atoms with Gasteiger partial charge in [-0.25, -0.2) is 4.98 Å². The Bertz CT molecular complexity index is 726. The van der Waals surface area contributed by atoms with Crippen molar-refractivity contribution in [1.29, 1.82) is 0 Å². The van der Waals surface area contributed by atoms with Crippen LogP contribution in [0.1, 0.15) is 25.1 Å². The number of hydrogen-bond donors (Lipinski definition) is 1. The van der Waals surface area contributed by atoms with Crippen LogP contribution in [-0.2, 0) is 14.3 Å². The summed E-state index contributed by atoms with van der Waals surface area (Å²) in [6.45, 7) is 6.93. The third kappa shape index (κ3) is 4.79.